The van der Waals surface area contributed by atoms with Gasteiger partial charge in [-0.25, -0.2) is 0 Å². The van der Waals surface area contributed by atoms with Gasteiger partial charge in [0.05, 0.1) is 22.3 Å². The number of hydrogen-bond acceptors (Lipinski definition) is 4. The van der Waals surface area contributed by atoms with Crippen molar-refractivity contribution < 1.29 is 18.7 Å². The summed E-state index contributed by atoms with van der Waals surface area (Å²) in [6.07, 6.45) is 4.21. The molecule has 0 atom stereocenters. The number of anilines is 1. The largest absolute Gasteiger partial charge is 0.490 e. The van der Waals surface area contributed by atoms with E-state index in [9.17, 15) is 9.59 Å². The molecular weight excluding hydrogens is 521 g/mol. The maximum absolute atomic E-state index is 13.2. The van der Waals surface area contributed by atoms with E-state index in [4.69, 9.17) is 44.0 Å². The Morgan fingerprint density at radius 3 is 2.28 bits per heavy atom. The summed E-state index contributed by atoms with van der Waals surface area (Å²) in [6.45, 7) is 2.63. The number of benzene rings is 3. The van der Waals surface area contributed by atoms with Crippen molar-refractivity contribution in [3.8, 4) is 5.75 Å². The highest BCUT2D eigenvalue weighted by molar-refractivity contribution is 6.38. The molecule has 1 aromatic heterocycles. The molecule has 0 saturated carbocycles. The summed E-state index contributed by atoms with van der Waals surface area (Å²) < 4.78 is 11.6. The van der Waals surface area contributed by atoms with Crippen LogP contribution in [0.3, 0.4) is 0 Å². The quantitative estimate of drug-likeness (QED) is 0.160. The molecular formula is C28H24Cl3NO4. The molecule has 0 aliphatic heterocycles. The normalized spacial score (nSPS) is 11.0. The Morgan fingerprint density at radius 2 is 1.58 bits per heavy atom. The summed E-state index contributed by atoms with van der Waals surface area (Å²) in [5.74, 6) is -0.527. The lowest BCUT2D eigenvalue weighted by molar-refractivity contribution is 0.101. The minimum atomic E-state index is -0.495. The maximum Gasteiger partial charge on any atom is 0.255 e. The van der Waals surface area contributed by atoms with Crippen molar-refractivity contribution in [3.63, 3.8) is 0 Å². The lowest BCUT2D eigenvalue weighted by Gasteiger charge is -2.12. The number of rotatable bonds is 10. The Labute approximate surface area is 224 Å². The molecule has 8 heteroatoms. The molecule has 4 rings (SSSR count). The van der Waals surface area contributed by atoms with Crippen LogP contribution in [0.2, 0.25) is 15.1 Å². The van der Waals surface area contributed by atoms with Crippen molar-refractivity contribution in [1.82, 2.24) is 0 Å². The van der Waals surface area contributed by atoms with Gasteiger partial charge in [-0.15, -0.1) is 0 Å². The van der Waals surface area contributed by atoms with Crippen LogP contribution in [0, 0.1) is 0 Å². The number of amides is 1. The Hall–Kier alpha value is -2.99. The lowest BCUT2D eigenvalue weighted by atomic mass is 10.1. The molecule has 3 aromatic carbocycles. The number of carbonyl (C=O) groups is 2. The SMILES string of the molecule is CCCCCCOc1c(Cl)cc(C(=O)Nc2c(C(=O)c3ccc(Cl)cc3)oc3ccccc23)cc1Cl. The average molecular weight is 545 g/mol. The molecule has 0 saturated heterocycles. The maximum atomic E-state index is 13.2. The zero-order valence-electron chi connectivity index (χ0n) is 19.6. The fourth-order valence-electron chi connectivity index (χ4n) is 3.78. The zero-order chi connectivity index (χ0) is 25.7. The highest BCUT2D eigenvalue weighted by Gasteiger charge is 2.24. The average Bonchev–Trinajstić information content (AvgIpc) is 3.23. The van der Waals surface area contributed by atoms with Gasteiger partial charge in [-0.05, 0) is 55.0 Å². The van der Waals surface area contributed by atoms with Crippen molar-refractivity contribution in [2.24, 2.45) is 0 Å². The Balaban J connectivity index is 1.60. The molecule has 36 heavy (non-hydrogen) atoms. The Kier molecular flexibility index (Phi) is 8.57. The van der Waals surface area contributed by atoms with Gasteiger partial charge in [-0.1, -0.05) is 73.1 Å². The van der Waals surface area contributed by atoms with Crippen LogP contribution in [0.15, 0.2) is 65.1 Å². The highest BCUT2D eigenvalue weighted by atomic mass is 35.5. The number of nitrogens with one attached hydrogen (secondary N) is 1. The van der Waals surface area contributed by atoms with Crippen LogP contribution in [-0.2, 0) is 0 Å². The standard InChI is InChI=1S/C28H24Cl3NO4/c1-2-3-4-7-14-35-26-21(30)15-18(16-22(26)31)28(34)32-24-20-8-5-6-9-23(20)36-27(24)25(33)17-10-12-19(29)13-11-17/h5-6,8-13,15-16H,2-4,7,14H2,1H3,(H,32,34). The number of ketones is 1. The number of hydrogen-bond donors (Lipinski definition) is 1. The van der Waals surface area contributed by atoms with E-state index < -0.39 is 5.91 Å². The van der Waals surface area contributed by atoms with Gasteiger partial charge in [0.25, 0.3) is 5.91 Å². The van der Waals surface area contributed by atoms with Gasteiger partial charge in [0.15, 0.2) is 11.5 Å². The van der Waals surface area contributed by atoms with Crippen LogP contribution >= 0.6 is 34.8 Å². The first-order valence-electron chi connectivity index (χ1n) is 11.6. The molecule has 186 valence electrons. The fourth-order valence-corrected chi connectivity index (χ4v) is 4.50. The smallest absolute Gasteiger partial charge is 0.255 e. The molecule has 0 spiro atoms. The van der Waals surface area contributed by atoms with Crippen molar-refractivity contribution in [2.45, 2.75) is 32.6 Å². The number of para-hydroxylation sites is 1. The van der Waals surface area contributed by atoms with Crippen LogP contribution in [-0.4, -0.2) is 18.3 Å². The fraction of sp³-hybridized carbons (Fsp3) is 0.214. The molecule has 0 radical (unpaired) electrons. The Bertz CT molecular complexity index is 1370. The minimum Gasteiger partial charge on any atom is -0.490 e. The number of fused-ring (bicyclic) bond motifs is 1. The molecule has 0 bridgehead atoms. The van der Waals surface area contributed by atoms with Gasteiger partial charge in [0.1, 0.15) is 5.58 Å². The molecule has 1 N–H and O–H groups in total. The first-order chi connectivity index (χ1) is 17.4. The zero-order valence-corrected chi connectivity index (χ0v) is 21.8. The van der Waals surface area contributed by atoms with Crippen molar-refractivity contribution >= 4 is 63.1 Å². The molecule has 0 unspecified atom stereocenters. The van der Waals surface area contributed by atoms with Crippen LogP contribution < -0.4 is 10.1 Å². The van der Waals surface area contributed by atoms with E-state index >= 15 is 0 Å². The molecule has 1 heterocycles. The van der Waals surface area contributed by atoms with E-state index in [0.29, 0.717) is 33.9 Å². The first kappa shape index (κ1) is 26.1. The van der Waals surface area contributed by atoms with Gasteiger partial charge in [0.2, 0.25) is 5.78 Å². The third-order valence-electron chi connectivity index (χ3n) is 5.65. The van der Waals surface area contributed by atoms with E-state index in [2.05, 4.69) is 12.2 Å². The van der Waals surface area contributed by atoms with Crippen LogP contribution in [0.1, 0.15) is 59.1 Å². The summed E-state index contributed by atoms with van der Waals surface area (Å²) in [5, 5.41) is 4.38. The van der Waals surface area contributed by atoms with Crippen LogP contribution in [0.4, 0.5) is 5.69 Å². The van der Waals surface area contributed by atoms with E-state index in [1.165, 1.54) is 12.1 Å². The van der Waals surface area contributed by atoms with Crippen molar-refractivity contribution in [2.75, 3.05) is 11.9 Å². The highest BCUT2D eigenvalue weighted by Crippen LogP contribution is 2.36. The monoisotopic (exact) mass is 543 g/mol. The molecule has 0 fully saturated rings. The molecule has 4 aromatic rings. The summed E-state index contributed by atoms with van der Waals surface area (Å²) in [7, 11) is 0. The third kappa shape index (κ3) is 5.86. The number of ether oxygens (including phenoxy) is 1. The summed E-state index contributed by atoms with van der Waals surface area (Å²) in [5.41, 5.74) is 1.33. The van der Waals surface area contributed by atoms with Gasteiger partial charge in [-0.3, -0.25) is 9.59 Å². The second kappa shape index (κ2) is 11.8. The Morgan fingerprint density at radius 1 is 0.889 bits per heavy atom. The van der Waals surface area contributed by atoms with Gasteiger partial charge >= 0.3 is 0 Å². The van der Waals surface area contributed by atoms with Crippen LogP contribution in [0.25, 0.3) is 11.0 Å². The van der Waals surface area contributed by atoms with E-state index in [0.717, 1.165) is 25.7 Å². The number of halogens is 3. The lowest BCUT2D eigenvalue weighted by Crippen LogP contribution is -2.14. The van der Waals surface area contributed by atoms with Crippen LogP contribution in [0.5, 0.6) is 5.75 Å². The predicted molar refractivity (Wildman–Crippen MR) is 145 cm³/mol. The minimum absolute atomic E-state index is 0.0103. The van der Waals surface area contributed by atoms with Gasteiger partial charge in [-0.2, -0.15) is 0 Å². The van der Waals surface area contributed by atoms with Gasteiger partial charge in [0, 0.05) is 21.5 Å². The first-order valence-corrected chi connectivity index (χ1v) is 12.8. The topological polar surface area (TPSA) is 68.5 Å². The number of carbonyl (C=O) groups excluding carboxylic acids is 2. The van der Waals surface area contributed by atoms with E-state index in [1.807, 2.05) is 0 Å². The summed E-state index contributed by atoms with van der Waals surface area (Å²) >= 11 is 18.8. The third-order valence-corrected chi connectivity index (χ3v) is 6.46. The summed E-state index contributed by atoms with van der Waals surface area (Å²) in [4.78, 5) is 26.5. The second-order valence-corrected chi connectivity index (χ2v) is 9.52. The van der Waals surface area contributed by atoms with E-state index in [-0.39, 0.29) is 32.8 Å². The number of unbranched alkanes of at least 4 members (excludes halogenated alkanes) is 3. The molecule has 5 nitrogen and oxygen atoms in total. The predicted octanol–water partition coefficient (Wildman–Crippen LogP) is 8.84. The summed E-state index contributed by atoms with van der Waals surface area (Å²) in [6, 6.07) is 16.5. The van der Waals surface area contributed by atoms with Crippen molar-refractivity contribution in [1.29, 1.82) is 0 Å². The van der Waals surface area contributed by atoms with E-state index in [1.54, 1.807) is 48.5 Å². The molecule has 0 aliphatic carbocycles. The molecule has 1 amide bonds. The van der Waals surface area contributed by atoms with Gasteiger partial charge < -0.3 is 14.5 Å². The number of furan rings is 1. The van der Waals surface area contributed by atoms with Crippen molar-refractivity contribution in [3.05, 3.63) is 92.6 Å². The molecule has 0 aliphatic rings. The second-order valence-electron chi connectivity index (χ2n) is 8.27.